The van der Waals surface area contributed by atoms with Crippen molar-refractivity contribution in [3.63, 3.8) is 0 Å². The zero-order chi connectivity index (χ0) is 19.0. The summed E-state index contributed by atoms with van der Waals surface area (Å²) in [5.41, 5.74) is 13.2. The molecule has 0 saturated carbocycles. The lowest BCUT2D eigenvalue weighted by atomic mass is 10.0. The van der Waals surface area contributed by atoms with E-state index >= 15 is 0 Å². The maximum atomic E-state index is 14.6. The molecule has 0 aliphatic rings. The van der Waals surface area contributed by atoms with Gasteiger partial charge >= 0.3 is 0 Å². The summed E-state index contributed by atoms with van der Waals surface area (Å²) in [7, 11) is 0. The molecule has 0 atom stereocenters. The summed E-state index contributed by atoms with van der Waals surface area (Å²) in [4.78, 5) is 12.4. The summed E-state index contributed by atoms with van der Waals surface area (Å²) in [5, 5.41) is 1.28. The van der Waals surface area contributed by atoms with Crippen LogP contribution in [0.4, 0.5) is 16.0 Å². The molecular weight excluding hydrogens is 345 g/mol. The topological polar surface area (TPSA) is 99.9 Å². The molecule has 2 aromatic heterocycles. The van der Waals surface area contributed by atoms with Gasteiger partial charge in [-0.2, -0.15) is 0 Å². The Bertz CT molecular complexity index is 1160. The summed E-state index contributed by atoms with van der Waals surface area (Å²) in [6.07, 6.45) is 3.15. The van der Waals surface area contributed by atoms with E-state index in [0.29, 0.717) is 33.3 Å². The molecule has 0 amide bonds. The van der Waals surface area contributed by atoms with Crippen LogP contribution in [0, 0.1) is 12.7 Å². The van der Waals surface area contributed by atoms with Gasteiger partial charge in [0.05, 0.1) is 16.9 Å². The van der Waals surface area contributed by atoms with Crippen LogP contribution in [-0.2, 0) is 0 Å². The number of nitrogen functional groups attached to an aromatic ring is 2. The van der Waals surface area contributed by atoms with E-state index in [-0.39, 0.29) is 17.5 Å². The van der Waals surface area contributed by atoms with Crippen LogP contribution in [0.5, 0.6) is 11.6 Å². The Morgan fingerprint density at radius 3 is 2.48 bits per heavy atom. The number of hydrogen-bond acceptors (Lipinski definition) is 6. The molecule has 4 aromatic rings. The van der Waals surface area contributed by atoms with Crippen LogP contribution in [0.25, 0.3) is 22.0 Å². The second-order valence-corrected chi connectivity index (χ2v) is 5.99. The van der Waals surface area contributed by atoms with Crippen LogP contribution in [0.3, 0.4) is 0 Å². The Labute approximate surface area is 154 Å². The first kappa shape index (κ1) is 16.7. The quantitative estimate of drug-likeness (QED) is 0.533. The van der Waals surface area contributed by atoms with Crippen molar-refractivity contribution in [3.05, 3.63) is 66.2 Å². The fraction of sp³-hybridized carbons (Fsp3) is 0.0500. The predicted molar refractivity (Wildman–Crippen MR) is 103 cm³/mol. The number of rotatable bonds is 3. The summed E-state index contributed by atoms with van der Waals surface area (Å²) in [6, 6.07) is 12.5. The summed E-state index contributed by atoms with van der Waals surface area (Å²) >= 11 is 0. The molecule has 0 spiro atoms. The molecule has 4 rings (SSSR count). The molecule has 27 heavy (non-hydrogen) atoms. The van der Waals surface area contributed by atoms with Gasteiger partial charge in [0, 0.05) is 28.7 Å². The molecule has 4 N–H and O–H groups in total. The van der Waals surface area contributed by atoms with Gasteiger partial charge in [0.1, 0.15) is 5.75 Å². The van der Waals surface area contributed by atoms with Gasteiger partial charge in [0.2, 0.25) is 11.8 Å². The molecular formula is C20H16FN5O. The van der Waals surface area contributed by atoms with Gasteiger partial charge in [-0.15, -0.1) is 0 Å². The molecule has 2 aromatic carbocycles. The Morgan fingerprint density at radius 1 is 0.926 bits per heavy atom. The Kier molecular flexibility index (Phi) is 4.04. The normalized spacial score (nSPS) is 10.9. The van der Waals surface area contributed by atoms with E-state index in [4.69, 9.17) is 16.2 Å². The van der Waals surface area contributed by atoms with Gasteiger partial charge in [-0.25, -0.2) is 19.3 Å². The third kappa shape index (κ3) is 2.89. The van der Waals surface area contributed by atoms with Crippen LogP contribution >= 0.6 is 0 Å². The van der Waals surface area contributed by atoms with Gasteiger partial charge in [0.25, 0.3) is 0 Å². The number of halogens is 1. The highest BCUT2D eigenvalue weighted by Gasteiger charge is 2.19. The third-order valence-electron chi connectivity index (χ3n) is 4.29. The van der Waals surface area contributed by atoms with Crippen molar-refractivity contribution >= 4 is 22.4 Å². The highest BCUT2D eigenvalue weighted by atomic mass is 19.1. The number of hydrogen-bond donors (Lipinski definition) is 2. The summed E-state index contributed by atoms with van der Waals surface area (Å²) in [5.74, 6) is 0.280. The molecule has 7 heteroatoms. The monoisotopic (exact) mass is 361 g/mol. The zero-order valence-corrected chi connectivity index (χ0v) is 14.5. The molecule has 0 aliphatic heterocycles. The summed E-state index contributed by atoms with van der Waals surface area (Å²) in [6.45, 7) is 1.62. The number of pyridine rings is 1. The van der Waals surface area contributed by atoms with Gasteiger partial charge in [0.15, 0.2) is 5.82 Å². The Morgan fingerprint density at radius 2 is 1.70 bits per heavy atom. The minimum absolute atomic E-state index is 0.0975. The SMILES string of the molecule is Cc1c(F)c(N)c2ccccc2c1Oc1ncccc1-c1ccnc(N)n1. The molecule has 0 bridgehead atoms. The van der Waals surface area contributed by atoms with Gasteiger partial charge in [-0.3, -0.25) is 0 Å². The predicted octanol–water partition coefficient (Wildman–Crippen LogP) is 4.10. The lowest BCUT2D eigenvalue weighted by molar-refractivity contribution is 0.461. The van der Waals surface area contributed by atoms with Crippen molar-refractivity contribution in [2.75, 3.05) is 11.5 Å². The van der Waals surface area contributed by atoms with E-state index in [1.54, 1.807) is 49.6 Å². The minimum atomic E-state index is -0.507. The van der Waals surface area contributed by atoms with E-state index in [1.807, 2.05) is 12.1 Å². The average Bonchev–Trinajstić information content (AvgIpc) is 2.70. The minimum Gasteiger partial charge on any atom is -0.437 e. The maximum absolute atomic E-state index is 14.6. The Balaban J connectivity index is 1.90. The van der Waals surface area contributed by atoms with Crippen LogP contribution in [-0.4, -0.2) is 15.0 Å². The second kappa shape index (κ2) is 6.53. The van der Waals surface area contributed by atoms with Crippen molar-refractivity contribution in [3.8, 4) is 22.9 Å². The smallest absolute Gasteiger partial charge is 0.228 e. The third-order valence-corrected chi connectivity index (χ3v) is 4.29. The first-order valence-electron chi connectivity index (χ1n) is 8.24. The largest absolute Gasteiger partial charge is 0.437 e. The molecule has 134 valence electrons. The first-order valence-corrected chi connectivity index (χ1v) is 8.24. The van der Waals surface area contributed by atoms with Crippen molar-refractivity contribution < 1.29 is 9.13 Å². The average molecular weight is 361 g/mol. The lowest BCUT2D eigenvalue weighted by Crippen LogP contribution is -2.01. The first-order chi connectivity index (χ1) is 13.1. The van der Waals surface area contributed by atoms with Crippen molar-refractivity contribution in [2.24, 2.45) is 0 Å². The number of nitrogens with zero attached hydrogens (tertiary/aromatic N) is 3. The number of benzene rings is 2. The van der Waals surface area contributed by atoms with Crippen LogP contribution in [0.15, 0.2) is 54.9 Å². The number of nitrogens with two attached hydrogens (primary N) is 2. The standard InChI is InChI=1S/C20H16FN5O/c1-11-16(21)17(22)12-5-2-3-6-13(12)18(11)27-19-14(7-4-9-24-19)15-8-10-25-20(23)26-15/h2-10H,22H2,1H3,(H2,23,25,26). The van der Waals surface area contributed by atoms with Gasteiger partial charge in [-0.05, 0) is 25.1 Å². The van der Waals surface area contributed by atoms with Crippen molar-refractivity contribution in [1.82, 2.24) is 15.0 Å². The molecule has 0 unspecified atom stereocenters. The highest BCUT2D eigenvalue weighted by Crippen LogP contribution is 2.40. The van der Waals surface area contributed by atoms with Crippen molar-refractivity contribution in [1.29, 1.82) is 0 Å². The zero-order valence-electron chi connectivity index (χ0n) is 14.5. The summed E-state index contributed by atoms with van der Waals surface area (Å²) < 4.78 is 20.7. The number of aromatic nitrogens is 3. The lowest BCUT2D eigenvalue weighted by Gasteiger charge is -2.16. The number of ether oxygens (including phenoxy) is 1. The Hall–Kier alpha value is -3.74. The fourth-order valence-corrected chi connectivity index (χ4v) is 2.96. The number of fused-ring (bicyclic) bond motifs is 1. The van der Waals surface area contributed by atoms with E-state index < -0.39 is 5.82 Å². The molecule has 6 nitrogen and oxygen atoms in total. The molecule has 0 radical (unpaired) electrons. The number of anilines is 2. The highest BCUT2D eigenvalue weighted by molar-refractivity contribution is 5.98. The van der Waals surface area contributed by atoms with E-state index in [1.165, 1.54) is 0 Å². The van der Waals surface area contributed by atoms with E-state index in [0.717, 1.165) is 0 Å². The van der Waals surface area contributed by atoms with Gasteiger partial charge in [-0.1, -0.05) is 24.3 Å². The second-order valence-electron chi connectivity index (χ2n) is 5.99. The van der Waals surface area contributed by atoms with Gasteiger partial charge < -0.3 is 16.2 Å². The van der Waals surface area contributed by atoms with Crippen molar-refractivity contribution in [2.45, 2.75) is 6.92 Å². The molecule has 0 saturated heterocycles. The van der Waals surface area contributed by atoms with E-state index in [9.17, 15) is 4.39 Å². The van der Waals surface area contributed by atoms with Crippen LogP contribution in [0.1, 0.15) is 5.56 Å². The molecule has 0 fully saturated rings. The fourth-order valence-electron chi connectivity index (χ4n) is 2.96. The molecule has 0 aliphatic carbocycles. The van der Waals surface area contributed by atoms with Crippen LogP contribution in [0.2, 0.25) is 0 Å². The maximum Gasteiger partial charge on any atom is 0.228 e. The molecule has 2 heterocycles. The van der Waals surface area contributed by atoms with E-state index in [2.05, 4.69) is 15.0 Å². The van der Waals surface area contributed by atoms with Crippen LogP contribution < -0.4 is 16.2 Å².